The van der Waals surface area contributed by atoms with Gasteiger partial charge in [-0.3, -0.25) is 4.68 Å². The molecule has 0 aliphatic carbocycles. The zero-order valence-corrected chi connectivity index (χ0v) is 12.8. The van der Waals surface area contributed by atoms with Crippen LogP contribution in [0.2, 0.25) is 0 Å². The molecule has 1 atom stereocenters. The first-order valence-corrected chi connectivity index (χ1v) is 7.46. The van der Waals surface area contributed by atoms with Gasteiger partial charge in [-0.15, -0.1) is 0 Å². The van der Waals surface area contributed by atoms with E-state index in [1.807, 2.05) is 6.07 Å². The zero-order chi connectivity index (χ0) is 14.8. The van der Waals surface area contributed by atoms with E-state index in [1.54, 1.807) is 0 Å². The SMILES string of the molecule is Cc1ccc(C)n1NC(C)c1ccc2c(c1)OCCCO2. The Morgan fingerprint density at radius 1 is 1.00 bits per heavy atom. The Kier molecular flexibility index (Phi) is 3.78. The van der Waals surface area contributed by atoms with E-state index in [0.717, 1.165) is 24.5 Å². The number of hydrogen-bond donors (Lipinski definition) is 1. The Morgan fingerprint density at radius 2 is 1.67 bits per heavy atom. The number of aryl methyl sites for hydroxylation is 2. The molecule has 2 aromatic rings. The lowest BCUT2D eigenvalue weighted by Crippen LogP contribution is -2.20. The van der Waals surface area contributed by atoms with E-state index in [4.69, 9.17) is 9.47 Å². The summed E-state index contributed by atoms with van der Waals surface area (Å²) in [5, 5.41) is 0. The summed E-state index contributed by atoms with van der Waals surface area (Å²) in [6.45, 7) is 7.79. The van der Waals surface area contributed by atoms with Crippen LogP contribution in [0.25, 0.3) is 0 Å². The molecule has 4 nitrogen and oxygen atoms in total. The molecule has 0 saturated carbocycles. The summed E-state index contributed by atoms with van der Waals surface area (Å²) < 4.78 is 13.6. The van der Waals surface area contributed by atoms with Crippen LogP contribution in [-0.2, 0) is 0 Å². The lowest BCUT2D eigenvalue weighted by atomic mass is 10.1. The smallest absolute Gasteiger partial charge is 0.161 e. The first kappa shape index (κ1) is 13.9. The molecule has 1 aromatic heterocycles. The lowest BCUT2D eigenvalue weighted by Gasteiger charge is -2.20. The van der Waals surface area contributed by atoms with Crippen molar-refractivity contribution in [3.05, 3.63) is 47.3 Å². The van der Waals surface area contributed by atoms with Crippen LogP contribution in [0, 0.1) is 13.8 Å². The minimum Gasteiger partial charge on any atom is -0.490 e. The van der Waals surface area contributed by atoms with Crippen LogP contribution >= 0.6 is 0 Å². The highest BCUT2D eigenvalue weighted by atomic mass is 16.5. The first-order chi connectivity index (χ1) is 10.1. The second-order valence-corrected chi connectivity index (χ2v) is 5.56. The maximum Gasteiger partial charge on any atom is 0.161 e. The molecule has 0 fully saturated rings. The minimum atomic E-state index is 0.187. The third-order valence-corrected chi connectivity index (χ3v) is 3.87. The molecule has 1 aliphatic heterocycles. The van der Waals surface area contributed by atoms with E-state index in [-0.39, 0.29) is 6.04 Å². The van der Waals surface area contributed by atoms with Crippen molar-refractivity contribution in [2.75, 3.05) is 18.6 Å². The third-order valence-electron chi connectivity index (χ3n) is 3.87. The van der Waals surface area contributed by atoms with E-state index in [0.29, 0.717) is 6.61 Å². The van der Waals surface area contributed by atoms with Gasteiger partial charge in [0, 0.05) is 17.8 Å². The molecule has 1 N–H and O–H groups in total. The summed E-state index contributed by atoms with van der Waals surface area (Å²) in [6.07, 6.45) is 0.930. The number of benzene rings is 1. The van der Waals surface area contributed by atoms with Crippen LogP contribution in [-0.4, -0.2) is 17.9 Å². The maximum absolute atomic E-state index is 5.76. The fourth-order valence-electron chi connectivity index (χ4n) is 2.59. The number of hydrogen-bond acceptors (Lipinski definition) is 3. The van der Waals surface area contributed by atoms with Crippen LogP contribution in [0.15, 0.2) is 30.3 Å². The topological polar surface area (TPSA) is 35.4 Å². The van der Waals surface area contributed by atoms with E-state index in [2.05, 4.69) is 55.1 Å². The molecule has 0 saturated heterocycles. The standard InChI is InChI=1S/C17H22N2O2/c1-12-5-6-13(2)19(12)18-14(3)15-7-8-16-17(11-15)21-10-4-9-20-16/h5-8,11,14,18H,4,9-10H2,1-3H3. The molecule has 0 bridgehead atoms. The third kappa shape index (κ3) is 2.84. The summed E-state index contributed by atoms with van der Waals surface area (Å²) in [7, 11) is 0. The van der Waals surface area contributed by atoms with Crippen molar-refractivity contribution in [2.45, 2.75) is 33.2 Å². The van der Waals surface area contributed by atoms with Gasteiger partial charge >= 0.3 is 0 Å². The second-order valence-electron chi connectivity index (χ2n) is 5.56. The van der Waals surface area contributed by atoms with Gasteiger partial charge in [-0.25, -0.2) is 0 Å². The predicted molar refractivity (Wildman–Crippen MR) is 83.7 cm³/mol. The summed E-state index contributed by atoms with van der Waals surface area (Å²) in [4.78, 5) is 0. The van der Waals surface area contributed by atoms with Gasteiger partial charge in [0.05, 0.1) is 19.3 Å². The van der Waals surface area contributed by atoms with Crippen LogP contribution in [0.5, 0.6) is 11.5 Å². The Balaban J connectivity index is 1.82. The predicted octanol–water partition coefficient (Wildman–Crippen LogP) is 3.57. The van der Waals surface area contributed by atoms with Gasteiger partial charge in [-0.1, -0.05) is 6.07 Å². The average Bonchev–Trinajstić information content (AvgIpc) is 2.70. The molecular formula is C17H22N2O2. The van der Waals surface area contributed by atoms with Crippen molar-refractivity contribution >= 4 is 0 Å². The molecule has 4 heteroatoms. The summed E-state index contributed by atoms with van der Waals surface area (Å²) in [5.74, 6) is 1.69. The van der Waals surface area contributed by atoms with Gasteiger partial charge in [-0.2, -0.15) is 0 Å². The number of ether oxygens (including phenoxy) is 2. The van der Waals surface area contributed by atoms with Crippen molar-refractivity contribution in [1.82, 2.24) is 4.68 Å². The molecule has 21 heavy (non-hydrogen) atoms. The van der Waals surface area contributed by atoms with Crippen molar-refractivity contribution in [2.24, 2.45) is 0 Å². The highest BCUT2D eigenvalue weighted by Gasteiger charge is 2.14. The number of nitrogens with zero attached hydrogens (tertiary/aromatic N) is 1. The Labute approximate surface area is 125 Å². The van der Waals surface area contributed by atoms with E-state index >= 15 is 0 Å². The Hall–Kier alpha value is -2.10. The largest absolute Gasteiger partial charge is 0.490 e. The van der Waals surface area contributed by atoms with E-state index < -0.39 is 0 Å². The Bertz CT molecular complexity index is 614. The summed E-state index contributed by atoms with van der Waals surface area (Å²) in [5.41, 5.74) is 7.11. The molecule has 0 amide bonds. The van der Waals surface area contributed by atoms with Gasteiger partial charge in [0.2, 0.25) is 0 Å². The van der Waals surface area contributed by atoms with Gasteiger partial charge in [-0.05, 0) is 50.6 Å². The highest BCUT2D eigenvalue weighted by molar-refractivity contribution is 5.44. The lowest BCUT2D eigenvalue weighted by molar-refractivity contribution is 0.297. The van der Waals surface area contributed by atoms with Crippen molar-refractivity contribution < 1.29 is 9.47 Å². The first-order valence-electron chi connectivity index (χ1n) is 7.46. The molecule has 2 heterocycles. The summed E-state index contributed by atoms with van der Waals surface area (Å²) >= 11 is 0. The van der Waals surface area contributed by atoms with Crippen molar-refractivity contribution in [3.8, 4) is 11.5 Å². The highest BCUT2D eigenvalue weighted by Crippen LogP contribution is 2.32. The zero-order valence-electron chi connectivity index (χ0n) is 12.8. The number of rotatable bonds is 3. The normalized spacial score (nSPS) is 15.4. The van der Waals surface area contributed by atoms with Crippen LogP contribution < -0.4 is 14.9 Å². The van der Waals surface area contributed by atoms with Crippen molar-refractivity contribution in [1.29, 1.82) is 0 Å². The quantitative estimate of drug-likeness (QED) is 0.937. The average molecular weight is 286 g/mol. The summed E-state index contributed by atoms with van der Waals surface area (Å²) in [6, 6.07) is 10.6. The maximum atomic E-state index is 5.76. The molecule has 0 spiro atoms. The molecule has 0 radical (unpaired) electrons. The molecule has 1 aliphatic rings. The van der Waals surface area contributed by atoms with Crippen LogP contribution in [0.3, 0.4) is 0 Å². The molecular weight excluding hydrogens is 264 g/mol. The number of aromatic nitrogens is 1. The monoisotopic (exact) mass is 286 g/mol. The fraction of sp³-hybridized carbons (Fsp3) is 0.412. The van der Waals surface area contributed by atoms with Gasteiger partial charge in [0.25, 0.3) is 0 Å². The fourth-order valence-corrected chi connectivity index (χ4v) is 2.59. The second kappa shape index (κ2) is 5.72. The molecule has 112 valence electrons. The number of nitrogens with one attached hydrogen (secondary N) is 1. The number of fused-ring (bicyclic) bond motifs is 1. The minimum absolute atomic E-state index is 0.187. The van der Waals surface area contributed by atoms with Gasteiger partial charge < -0.3 is 14.9 Å². The van der Waals surface area contributed by atoms with Crippen LogP contribution in [0.1, 0.15) is 36.3 Å². The van der Waals surface area contributed by atoms with E-state index in [9.17, 15) is 0 Å². The van der Waals surface area contributed by atoms with Gasteiger partial charge in [0.1, 0.15) is 0 Å². The van der Waals surface area contributed by atoms with Gasteiger partial charge in [0.15, 0.2) is 11.5 Å². The molecule has 1 aromatic carbocycles. The van der Waals surface area contributed by atoms with E-state index in [1.165, 1.54) is 17.0 Å². The van der Waals surface area contributed by atoms with Crippen molar-refractivity contribution in [3.63, 3.8) is 0 Å². The molecule has 1 unspecified atom stereocenters. The van der Waals surface area contributed by atoms with Crippen LogP contribution in [0.4, 0.5) is 0 Å². The molecule has 3 rings (SSSR count). The Morgan fingerprint density at radius 3 is 2.38 bits per heavy atom.